The average molecular weight is 247 g/mol. The van der Waals surface area contributed by atoms with Gasteiger partial charge in [0.25, 0.3) is 0 Å². The minimum absolute atomic E-state index is 0.0328. The van der Waals surface area contributed by atoms with E-state index in [0.717, 1.165) is 15.7 Å². The molecule has 2 heterocycles. The molecule has 2 rings (SSSR count). The van der Waals surface area contributed by atoms with E-state index >= 15 is 0 Å². The van der Waals surface area contributed by atoms with Crippen molar-refractivity contribution < 1.29 is 0 Å². The molecule has 0 spiro atoms. The number of nitrogens with zero attached hydrogens (tertiary/aromatic N) is 3. The number of aryl methyl sites for hydroxylation is 2. The fourth-order valence-electron chi connectivity index (χ4n) is 1.39. The second-order valence-corrected chi connectivity index (χ2v) is 4.69. The summed E-state index contributed by atoms with van der Waals surface area (Å²) < 4.78 is 1.82. The van der Waals surface area contributed by atoms with Crippen LogP contribution in [0.1, 0.15) is 11.3 Å². The van der Waals surface area contributed by atoms with Crippen LogP contribution < -0.4 is 5.73 Å². The lowest BCUT2D eigenvalue weighted by Crippen LogP contribution is -2.11. The molecule has 88 valence electrons. The van der Waals surface area contributed by atoms with Crippen LogP contribution in [0.2, 0.25) is 0 Å². The van der Waals surface area contributed by atoms with Gasteiger partial charge in [0, 0.05) is 18.8 Å². The molecule has 0 bridgehead atoms. The molecule has 0 aliphatic carbocycles. The summed E-state index contributed by atoms with van der Waals surface area (Å²) in [4.78, 5) is 4.25. The molecule has 0 amide bonds. The molecule has 0 radical (unpaired) electrons. The fourth-order valence-corrected chi connectivity index (χ4v) is 2.25. The Kier molecular flexibility index (Phi) is 3.14. The van der Waals surface area contributed by atoms with Gasteiger partial charge in [0.05, 0.1) is 5.69 Å². The Labute approximate surface area is 104 Å². The van der Waals surface area contributed by atoms with Crippen LogP contribution in [-0.4, -0.2) is 20.6 Å². The van der Waals surface area contributed by atoms with Gasteiger partial charge < -0.3 is 5.73 Å². The van der Waals surface area contributed by atoms with Crippen molar-refractivity contribution in [1.82, 2.24) is 14.8 Å². The Bertz CT molecular complexity index is 543. The van der Waals surface area contributed by atoms with Gasteiger partial charge in [-0.25, -0.2) is 4.98 Å². The number of aromatic nitrogens is 3. The lowest BCUT2D eigenvalue weighted by Gasteiger charge is -2.02. The Balaban J connectivity index is 2.19. The summed E-state index contributed by atoms with van der Waals surface area (Å²) in [7, 11) is 1.90. The van der Waals surface area contributed by atoms with Crippen LogP contribution in [0.25, 0.3) is 0 Å². The quantitative estimate of drug-likeness (QED) is 0.637. The first kappa shape index (κ1) is 11.7. The predicted molar refractivity (Wildman–Crippen MR) is 67.3 cm³/mol. The van der Waals surface area contributed by atoms with Gasteiger partial charge >= 0.3 is 0 Å². The SMILES string of the molecule is Cc1cc(Sc2ccc(C(=N)N)cn2)n(C)n1. The zero-order valence-electron chi connectivity index (χ0n) is 9.64. The van der Waals surface area contributed by atoms with Gasteiger partial charge in [-0.15, -0.1) is 0 Å². The summed E-state index contributed by atoms with van der Waals surface area (Å²) in [6.07, 6.45) is 1.61. The molecule has 0 saturated heterocycles. The average Bonchev–Trinajstić information content (AvgIpc) is 2.58. The fraction of sp³-hybridized carbons (Fsp3) is 0.182. The second kappa shape index (κ2) is 4.58. The van der Waals surface area contributed by atoms with E-state index in [-0.39, 0.29) is 5.84 Å². The first-order valence-electron chi connectivity index (χ1n) is 5.05. The molecule has 6 heteroatoms. The van der Waals surface area contributed by atoms with Crippen LogP contribution in [0.5, 0.6) is 0 Å². The highest BCUT2D eigenvalue weighted by Crippen LogP contribution is 2.25. The van der Waals surface area contributed by atoms with Crippen LogP contribution in [0.4, 0.5) is 0 Å². The van der Waals surface area contributed by atoms with Crippen molar-refractivity contribution >= 4 is 17.6 Å². The van der Waals surface area contributed by atoms with Crippen LogP contribution in [-0.2, 0) is 7.05 Å². The highest BCUT2D eigenvalue weighted by molar-refractivity contribution is 7.99. The zero-order chi connectivity index (χ0) is 12.4. The summed E-state index contributed by atoms with van der Waals surface area (Å²) in [5, 5.41) is 13.4. The first-order valence-corrected chi connectivity index (χ1v) is 5.87. The third-order valence-corrected chi connectivity index (χ3v) is 3.26. The lowest BCUT2D eigenvalue weighted by atomic mass is 10.3. The van der Waals surface area contributed by atoms with Gasteiger partial charge in [-0.1, -0.05) is 11.8 Å². The third-order valence-electron chi connectivity index (χ3n) is 2.22. The molecule has 0 saturated carbocycles. The van der Waals surface area contributed by atoms with E-state index in [1.807, 2.05) is 30.8 Å². The highest BCUT2D eigenvalue weighted by Gasteiger charge is 2.05. The van der Waals surface area contributed by atoms with Gasteiger partial charge in [0.15, 0.2) is 0 Å². The molecule has 3 N–H and O–H groups in total. The standard InChI is InChI=1S/C11H13N5S/c1-7-5-10(16(2)15-7)17-9-4-3-8(6-14-9)11(12)13/h3-6H,1-2H3,(H3,12,13). The van der Waals surface area contributed by atoms with Crippen molar-refractivity contribution in [2.24, 2.45) is 12.8 Å². The number of hydrogen-bond donors (Lipinski definition) is 2. The van der Waals surface area contributed by atoms with Gasteiger partial charge in [-0.2, -0.15) is 5.10 Å². The number of amidine groups is 1. The number of nitrogens with two attached hydrogens (primary N) is 1. The molecule has 0 aromatic carbocycles. The van der Waals surface area contributed by atoms with E-state index in [1.54, 1.807) is 12.3 Å². The monoisotopic (exact) mass is 247 g/mol. The molecule has 2 aromatic heterocycles. The Morgan fingerprint density at radius 1 is 1.47 bits per heavy atom. The summed E-state index contributed by atoms with van der Waals surface area (Å²) >= 11 is 1.53. The van der Waals surface area contributed by atoms with Crippen LogP contribution in [0, 0.1) is 12.3 Å². The van der Waals surface area contributed by atoms with Crippen molar-refractivity contribution in [3.8, 4) is 0 Å². The van der Waals surface area contributed by atoms with E-state index in [1.165, 1.54) is 11.8 Å². The predicted octanol–water partition coefficient (Wildman–Crippen LogP) is 1.56. The van der Waals surface area contributed by atoms with E-state index in [9.17, 15) is 0 Å². The molecule has 0 aliphatic rings. The zero-order valence-corrected chi connectivity index (χ0v) is 10.5. The highest BCUT2D eigenvalue weighted by atomic mass is 32.2. The topological polar surface area (TPSA) is 80.6 Å². The summed E-state index contributed by atoms with van der Waals surface area (Å²) in [6.45, 7) is 1.95. The van der Waals surface area contributed by atoms with E-state index in [4.69, 9.17) is 11.1 Å². The summed E-state index contributed by atoms with van der Waals surface area (Å²) in [5.41, 5.74) is 6.98. The van der Waals surface area contributed by atoms with E-state index in [0.29, 0.717) is 5.56 Å². The maximum Gasteiger partial charge on any atom is 0.124 e. The molecule has 5 nitrogen and oxygen atoms in total. The minimum Gasteiger partial charge on any atom is -0.384 e. The van der Waals surface area contributed by atoms with Crippen molar-refractivity contribution in [2.45, 2.75) is 17.0 Å². The molecule has 2 aromatic rings. The Hall–Kier alpha value is -1.82. The molecular weight excluding hydrogens is 234 g/mol. The van der Waals surface area contributed by atoms with Crippen LogP contribution >= 0.6 is 11.8 Å². The first-order chi connectivity index (χ1) is 8.06. The van der Waals surface area contributed by atoms with Crippen molar-refractivity contribution in [3.63, 3.8) is 0 Å². The van der Waals surface area contributed by atoms with Gasteiger partial charge in [0.2, 0.25) is 0 Å². The number of rotatable bonds is 3. The third kappa shape index (κ3) is 2.65. The molecule has 0 unspecified atom stereocenters. The summed E-state index contributed by atoms with van der Waals surface area (Å²) in [6, 6.07) is 5.65. The van der Waals surface area contributed by atoms with E-state index in [2.05, 4.69) is 10.1 Å². The number of hydrogen-bond acceptors (Lipinski definition) is 4. The molecule has 0 fully saturated rings. The van der Waals surface area contributed by atoms with Crippen molar-refractivity contribution in [2.75, 3.05) is 0 Å². The maximum absolute atomic E-state index is 7.28. The van der Waals surface area contributed by atoms with Gasteiger partial charge in [-0.3, -0.25) is 10.1 Å². The number of nitrogen functional groups attached to an aromatic ring is 1. The minimum atomic E-state index is 0.0328. The Morgan fingerprint density at radius 3 is 2.71 bits per heavy atom. The van der Waals surface area contributed by atoms with Crippen LogP contribution in [0.3, 0.4) is 0 Å². The second-order valence-electron chi connectivity index (χ2n) is 3.65. The molecule has 0 aliphatic heterocycles. The van der Waals surface area contributed by atoms with Crippen molar-refractivity contribution in [3.05, 3.63) is 35.7 Å². The molecule has 0 atom stereocenters. The normalized spacial score (nSPS) is 10.5. The number of pyridine rings is 1. The maximum atomic E-state index is 7.28. The van der Waals surface area contributed by atoms with E-state index < -0.39 is 0 Å². The van der Waals surface area contributed by atoms with Crippen LogP contribution in [0.15, 0.2) is 34.4 Å². The summed E-state index contributed by atoms with van der Waals surface area (Å²) in [5.74, 6) is 0.0328. The Morgan fingerprint density at radius 2 is 2.24 bits per heavy atom. The lowest BCUT2D eigenvalue weighted by molar-refractivity contribution is 0.692. The molecular formula is C11H13N5S. The van der Waals surface area contributed by atoms with Crippen molar-refractivity contribution in [1.29, 1.82) is 5.41 Å². The largest absolute Gasteiger partial charge is 0.384 e. The van der Waals surface area contributed by atoms with Gasteiger partial charge in [-0.05, 0) is 25.1 Å². The number of nitrogens with one attached hydrogen (secondary N) is 1. The van der Waals surface area contributed by atoms with Gasteiger partial charge in [0.1, 0.15) is 15.9 Å². The molecule has 17 heavy (non-hydrogen) atoms. The smallest absolute Gasteiger partial charge is 0.124 e.